The van der Waals surface area contributed by atoms with Crippen molar-refractivity contribution in [2.45, 2.75) is 64.0 Å². The first-order valence-electron chi connectivity index (χ1n) is 7.94. The molecular formula is C15H30N2O. The van der Waals surface area contributed by atoms with Crippen LogP contribution in [-0.4, -0.2) is 48.3 Å². The molecule has 0 aromatic carbocycles. The van der Waals surface area contributed by atoms with Crippen molar-refractivity contribution in [1.82, 2.24) is 10.2 Å². The second kappa shape index (κ2) is 7.46. The Kier molecular flexibility index (Phi) is 5.93. The fourth-order valence-corrected chi connectivity index (χ4v) is 3.59. The predicted molar refractivity (Wildman–Crippen MR) is 75.7 cm³/mol. The maximum absolute atomic E-state index is 10.3. The highest BCUT2D eigenvalue weighted by Crippen LogP contribution is 2.24. The molecule has 0 amide bonds. The fourth-order valence-electron chi connectivity index (χ4n) is 3.59. The molecule has 2 unspecified atom stereocenters. The zero-order valence-corrected chi connectivity index (χ0v) is 11.9. The van der Waals surface area contributed by atoms with Gasteiger partial charge in [-0.3, -0.25) is 4.90 Å². The van der Waals surface area contributed by atoms with Gasteiger partial charge in [-0.15, -0.1) is 0 Å². The summed E-state index contributed by atoms with van der Waals surface area (Å²) in [6.45, 7) is 6.88. The van der Waals surface area contributed by atoms with Crippen LogP contribution in [0, 0.1) is 5.92 Å². The molecule has 0 aromatic heterocycles. The van der Waals surface area contributed by atoms with Gasteiger partial charge in [0, 0.05) is 12.6 Å². The summed E-state index contributed by atoms with van der Waals surface area (Å²) in [6, 6.07) is 0.424. The fraction of sp³-hybridized carbons (Fsp3) is 1.00. The van der Waals surface area contributed by atoms with E-state index >= 15 is 0 Å². The van der Waals surface area contributed by atoms with E-state index in [0.29, 0.717) is 6.04 Å². The summed E-state index contributed by atoms with van der Waals surface area (Å²) in [4.78, 5) is 2.56. The van der Waals surface area contributed by atoms with Crippen LogP contribution in [0.25, 0.3) is 0 Å². The highest BCUT2D eigenvalue weighted by molar-refractivity contribution is 4.83. The van der Waals surface area contributed by atoms with Gasteiger partial charge >= 0.3 is 0 Å². The second-order valence-electron chi connectivity index (χ2n) is 6.05. The lowest BCUT2D eigenvalue weighted by molar-refractivity contribution is 0.0355. The van der Waals surface area contributed by atoms with Gasteiger partial charge in [-0.25, -0.2) is 0 Å². The number of nitrogens with one attached hydrogen (secondary N) is 1. The third kappa shape index (κ3) is 3.94. The van der Waals surface area contributed by atoms with Gasteiger partial charge in [0.25, 0.3) is 0 Å². The summed E-state index contributed by atoms with van der Waals surface area (Å²) < 4.78 is 0. The van der Waals surface area contributed by atoms with Crippen LogP contribution >= 0.6 is 0 Å². The van der Waals surface area contributed by atoms with Crippen LogP contribution < -0.4 is 5.32 Å². The topological polar surface area (TPSA) is 35.5 Å². The van der Waals surface area contributed by atoms with E-state index in [1.54, 1.807) is 0 Å². The monoisotopic (exact) mass is 254 g/mol. The van der Waals surface area contributed by atoms with Gasteiger partial charge in [0.2, 0.25) is 0 Å². The molecule has 3 nitrogen and oxygen atoms in total. The first-order chi connectivity index (χ1) is 8.81. The van der Waals surface area contributed by atoms with Gasteiger partial charge in [-0.2, -0.15) is 0 Å². The van der Waals surface area contributed by atoms with E-state index in [4.69, 9.17) is 0 Å². The van der Waals surface area contributed by atoms with Gasteiger partial charge in [0.15, 0.2) is 0 Å². The maximum Gasteiger partial charge on any atom is 0.0695 e. The Labute approximate surface area is 112 Å². The molecule has 1 saturated carbocycles. The van der Waals surface area contributed by atoms with Gasteiger partial charge in [-0.05, 0) is 51.2 Å². The summed E-state index contributed by atoms with van der Waals surface area (Å²) >= 11 is 0. The Hall–Kier alpha value is -0.120. The summed E-state index contributed by atoms with van der Waals surface area (Å²) in [6.07, 6.45) is 8.53. The average Bonchev–Trinajstić information content (AvgIpc) is 2.62. The minimum Gasteiger partial charge on any atom is -0.391 e. The first kappa shape index (κ1) is 14.3. The number of piperidine rings is 1. The highest BCUT2D eigenvalue weighted by atomic mass is 16.3. The Bertz CT molecular complexity index is 229. The van der Waals surface area contributed by atoms with Crippen molar-refractivity contribution in [2.24, 2.45) is 5.92 Å². The van der Waals surface area contributed by atoms with Gasteiger partial charge in [-0.1, -0.05) is 26.2 Å². The molecule has 0 bridgehead atoms. The van der Waals surface area contributed by atoms with E-state index in [1.807, 2.05) is 0 Å². The van der Waals surface area contributed by atoms with E-state index < -0.39 is 0 Å². The largest absolute Gasteiger partial charge is 0.391 e. The van der Waals surface area contributed by atoms with Crippen LogP contribution in [0.1, 0.15) is 51.9 Å². The minimum atomic E-state index is -0.0887. The molecule has 2 aliphatic rings. The lowest BCUT2D eigenvalue weighted by Crippen LogP contribution is -2.46. The molecule has 0 radical (unpaired) electrons. The first-order valence-corrected chi connectivity index (χ1v) is 7.94. The quantitative estimate of drug-likeness (QED) is 0.753. The Morgan fingerprint density at radius 2 is 1.78 bits per heavy atom. The van der Waals surface area contributed by atoms with E-state index in [1.165, 1.54) is 58.2 Å². The van der Waals surface area contributed by atoms with Crippen LogP contribution in [0.15, 0.2) is 0 Å². The molecule has 1 aliphatic heterocycles. The minimum absolute atomic E-state index is 0.0887. The molecule has 2 fully saturated rings. The molecule has 1 heterocycles. The standard InChI is InChI=1S/C15H30N2O/c1-2-17(12-13-8-10-16-11-9-13)14-6-4-3-5-7-15(14)18/h13-16,18H,2-12H2,1H3. The molecule has 3 heteroatoms. The highest BCUT2D eigenvalue weighted by Gasteiger charge is 2.28. The van der Waals surface area contributed by atoms with Crippen molar-refractivity contribution in [3.8, 4) is 0 Å². The van der Waals surface area contributed by atoms with Crippen molar-refractivity contribution in [3.05, 3.63) is 0 Å². The molecule has 0 aromatic rings. The molecule has 2 rings (SSSR count). The van der Waals surface area contributed by atoms with E-state index in [0.717, 1.165) is 18.9 Å². The number of nitrogens with zero attached hydrogens (tertiary/aromatic N) is 1. The normalized spacial score (nSPS) is 31.5. The third-order valence-electron chi connectivity index (χ3n) is 4.77. The number of aliphatic hydroxyl groups excluding tert-OH is 1. The van der Waals surface area contributed by atoms with E-state index in [9.17, 15) is 5.11 Å². The van der Waals surface area contributed by atoms with Crippen LogP contribution in [0.5, 0.6) is 0 Å². The number of hydrogen-bond acceptors (Lipinski definition) is 3. The Balaban J connectivity index is 1.88. The Morgan fingerprint density at radius 1 is 1.06 bits per heavy atom. The molecule has 1 saturated heterocycles. The third-order valence-corrected chi connectivity index (χ3v) is 4.77. The molecule has 2 N–H and O–H groups in total. The zero-order valence-electron chi connectivity index (χ0n) is 11.9. The maximum atomic E-state index is 10.3. The molecule has 0 spiro atoms. The lowest BCUT2D eigenvalue weighted by Gasteiger charge is -2.36. The smallest absolute Gasteiger partial charge is 0.0695 e. The van der Waals surface area contributed by atoms with Crippen molar-refractivity contribution >= 4 is 0 Å². The molecule has 1 aliphatic carbocycles. The number of hydrogen-bond donors (Lipinski definition) is 2. The molecule has 18 heavy (non-hydrogen) atoms. The summed E-state index contributed by atoms with van der Waals surface area (Å²) in [5.41, 5.74) is 0. The lowest BCUT2D eigenvalue weighted by atomic mass is 9.95. The van der Waals surface area contributed by atoms with E-state index in [2.05, 4.69) is 17.1 Å². The van der Waals surface area contributed by atoms with E-state index in [-0.39, 0.29) is 6.10 Å². The van der Waals surface area contributed by atoms with Gasteiger partial charge < -0.3 is 10.4 Å². The van der Waals surface area contributed by atoms with Crippen LogP contribution in [0.2, 0.25) is 0 Å². The van der Waals surface area contributed by atoms with Gasteiger partial charge in [0.1, 0.15) is 0 Å². The molecular weight excluding hydrogens is 224 g/mol. The van der Waals surface area contributed by atoms with Gasteiger partial charge in [0.05, 0.1) is 6.10 Å². The van der Waals surface area contributed by atoms with Crippen LogP contribution in [-0.2, 0) is 0 Å². The Morgan fingerprint density at radius 3 is 2.50 bits per heavy atom. The number of rotatable bonds is 4. The van der Waals surface area contributed by atoms with Crippen LogP contribution in [0.4, 0.5) is 0 Å². The van der Waals surface area contributed by atoms with Crippen LogP contribution in [0.3, 0.4) is 0 Å². The number of aliphatic hydroxyl groups is 1. The summed E-state index contributed by atoms with van der Waals surface area (Å²) in [5.74, 6) is 0.835. The second-order valence-corrected chi connectivity index (χ2v) is 6.05. The van der Waals surface area contributed by atoms with Crippen molar-refractivity contribution < 1.29 is 5.11 Å². The SMILES string of the molecule is CCN(CC1CCNCC1)C1CCCCCC1O. The summed E-state index contributed by atoms with van der Waals surface area (Å²) in [5, 5.41) is 13.8. The molecule has 106 valence electrons. The van der Waals surface area contributed by atoms with Crippen molar-refractivity contribution in [3.63, 3.8) is 0 Å². The average molecular weight is 254 g/mol. The zero-order chi connectivity index (χ0) is 12.8. The number of likely N-dealkylation sites (N-methyl/N-ethyl adjacent to an activating group) is 1. The predicted octanol–water partition coefficient (Wildman–Crippen LogP) is 2.00. The van der Waals surface area contributed by atoms with Crippen molar-refractivity contribution in [2.75, 3.05) is 26.2 Å². The molecule has 2 atom stereocenters. The summed E-state index contributed by atoms with van der Waals surface area (Å²) in [7, 11) is 0. The van der Waals surface area contributed by atoms with Crippen molar-refractivity contribution in [1.29, 1.82) is 0 Å².